The number of aromatic carboxylic acids is 1. The van der Waals surface area contributed by atoms with Gasteiger partial charge in [0.2, 0.25) is 0 Å². The summed E-state index contributed by atoms with van der Waals surface area (Å²) in [6.45, 7) is 1.74. The molecule has 0 atom stereocenters. The molecule has 0 heterocycles. The summed E-state index contributed by atoms with van der Waals surface area (Å²) in [6.07, 6.45) is 7.21. The molecule has 0 aliphatic heterocycles. The molecule has 4 heteroatoms. The largest absolute Gasteiger partial charge is 0.478 e. The van der Waals surface area contributed by atoms with Crippen LogP contribution in [-0.2, 0) is 6.54 Å². The fraction of sp³-hybridized carbons (Fsp3) is 0.533. The summed E-state index contributed by atoms with van der Waals surface area (Å²) in [7, 11) is 0. The molecular weight excluding hydrogens is 258 g/mol. The van der Waals surface area contributed by atoms with Crippen molar-refractivity contribution in [2.24, 2.45) is 0 Å². The Morgan fingerprint density at radius 2 is 2.05 bits per heavy atom. The van der Waals surface area contributed by atoms with Crippen LogP contribution in [0.5, 0.6) is 0 Å². The molecule has 0 amide bonds. The Morgan fingerprint density at radius 1 is 1.26 bits per heavy atom. The summed E-state index contributed by atoms with van der Waals surface area (Å²) in [6, 6.07) is 7.10. The van der Waals surface area contributed by atoms with E-state index >= 15 is 0 Å². The number of unbranched alkanes of at least 4 members (excludes halogenated alkanes) is 3. The van der Waals surface area contributed by atoms with Crippen LogP contribution in [-0.4, -0.2) is 29.6 Å². The number of benzene rings is 1. The molecular formula is C15H23NO2S. The van der Waals surface area contributed by atoms with Crippen molar-refractivity contribution in [3.63, 3.8) is 0 Å². The van der Waals surface area contributed by atoms with Crippen molar-refractivity contribution in [3.8, 4) is 0 Å². The van der Waals surface area contributed by atoms with E-state index in [0.717, 1.165) is 18.7 Å². The van der Waals surface area contributed by atoms with Crippen molar-refractivity contribution in [3.05, 3.63) is 35.4 Å². The second-order valence-electron chi connectivity index (χ2n) is 4.59. The maximum atomic E-state index is 10.8. The van der Waals surface area contributed by atoms with Gasteiger partial charge in [-0.2, -0.15) is 11.8 Å². The molecule has 0 spiro atoms. The molecule has 0 aromatic heterocycles. The SMILES string of the molecule is CSCCCCCCNCc1cccc(C(=O)O)c1. The van der Waals surface area contributed by atoms with Crippen molar-refractivity contribution in [1.29, 1.82) is 0 Å². The minimum atomic E-state index is -0.865. The Bertz CT molecular complexity index is 382. The van der Waals surface area contributed by atoms with Crippen LogP contribution in [0, 0.1) is 0 Å². The van der Waals surface area contributed by atoms with E-state index in [0.29, 0.717) is 5.56 Å². The molecule has 1 aromatic carbocycles. The van der Waals surface area contributed by atoms with Gasteiger partial charge in [0.1, 0.15) is 0 Å². The fourth-order valence-corrected chi connectivity index (χ4v) is 2.39. The van der Waals surface area contributed by atoms with Gasteiger partial charge in [-0.05, 0) is 49.1 Å². The first kappa shape index (κ1) is 16.1. The topological polar surface area (TPSA) is 49.3 Å². The lowest BCUT2D eigenvalue weighted by Crippen LogP contribution is -2.15. The molecule has 0 bridgehead atoms. The van der Waals surface area contributed by atoms with Crippen LogP contribution in [0.25, 0.3) is 0 Å². The molecule has 0 radical (unpaired) electrons. The van der Waals surface area contributed by atoms with Crippen LogP contribution in [0.15, 0.2) is 24.3 Å². The fourth-order valence-electron chi connectivity index (χ4n) is 1.90. The van der Waals surface area contributed by atoms with Gasteiger partial charge in [-0.25, -0.2) is 4.79 Å². The standard InChI is InChI=1S/C15H23NO2S/c1-19-10-5-3-2-4-9-16-12-13-7-6-8-14(11-13)15(17)18/h6-8,11,16H,2-5,9-10,12H2,1H3,(H,17,18). The van der Waals surface area contributed by atoms with Crippen molar-refractivity contribution in [1.82, 2.24) is 5.32 Å². The van der Waals surface area contributed by atoms with Crippen molar-refractivity contribution in [2.75, 3.05) is 18.6 Å². The van der Waals surface area contributed by atoms with E-state index in [4.69, 9.17) is 5.11 Å². The van der Waals surface area contributed by atoms with Crippen LogP contribution in [0.3, 0.4) is 0 Å². The molecule has 0 aliphatic carbocycles. The van der Waals surface area contributed by atoms with E-state index in [1.807, 2.05) is 17.8 Å². The molecule has 0 unspecified atom stereocenters. The molecule has 106 valence electrons. The third-order valence-electron chi connectivity index (χ3n) is 2.96. The van der Waals surface area contributed by atoms with Gasteiger partial charge in [0, 0.05) is 6.54 Å². The summed E-state index contributed by atoms with van der Waals surface area (Å²) in [5.41, 5.74) is 1.39. The molecule has 0 saturated heterocycles. The Balaban J connectivity index is 2.12. The number of hydrogen-bond acceptors (Lipinski definition) is 3. The Hall–Kier alpha value is -1.00. The van der Waals surface area contributed by atoms with Crippen molar-refractivity contribution >= 4 is 17.7 Å². The van der Waals surface area contributed by atoms with Crippen LogP contribution in [0.1, 0.15) is 41.6 Å². The molecule has 2 N–H and O–H groups in total. The lowest BCUT2D eigenvalue weighted by molar-refractivity contribution is 0.0696. The normalized spacial score (nSPS) is 10.6. The second-order valence-corrected chi connectivity index (χ2v) is 5.57. The highest BCUT2D eigenvalue weighted by Crippen LogP contribution is 2.06. The van der Waals surface area contributed by atoms with Gasteiger partial charge < -0.3 is 10.4 Å². The van der Waals surface area contributed by atoms with E-state index in [2.05, 4.69) is 11.6 Å². The van der Waals surface area contributed by atoms with Crippen LogP contribution in [0.2, 0.25) is 0 Å². The predicted molar refractivity (Wildman–Crippen MR) is 82.0 cm³/mol. The highest BCUT2D eigenvalue weighted by atomic mass is 32.2. The number of carboxylic acids is 1. The molecule has 0 fully saturated rings. The number of thioether (sulfide) groups is 1. The van der Waals surface area contributed by atoms with Crippen LogP contribution >= 0.6 is 11.8 Å². The molecule has 0 aliphatic rings. The van der Waals surface area contributed by atoms with Gasteiger partial charge in [-0.3, -0.25) is 0 Å². The Kier molecular flexibility index (Phi) is 8.34. The third-order valence-corrected chi connectivity index (χ3v) is 3.65. The monoisotopic (exact) mass is 281 g/mol. The number of nitrogens with one attached hydrogen (secondary N) is 1. The quantitative estimate of drug-likeness (QED) is 0.645. The van der Waals surface area contributed by atoms with E-state index in [-0.39, 0.29) is 0 Å². The van der Waals surface area contributed by atoms with Gasteiger partial charge in [-0.1, -0.05) is 25.0 Å². The zero-order valence-electron chi connectivity index (χ0n) is 11.5. The summed E-state index contributed by atoms with van der Waals surface area (Å²) < 4.78 is 0. The second kappa shape index (κ2) is 9.87. The van der Waals surface area contributed by atoms with Gasteiger partial charge in [-0.15, -0.1) is 0 Å². The minimum Gasteiger partial charge on any atom is -0.478 e. The van der Waals surface area contributed by atoms with Crippen molar-refractivity contribution in [2.45, 2.75) is 32.2 Å². The van der Waals surface area contributed by atoms with E-state index in [1.165, 1.54) is 31.4 Å². The average molecular weight is 281 g/mol. The lowest BCUT2D eigenvalue weighted by Gasteiger charge is -2.06. The molecule has 19 heavy (non-hydrogen) atoms. The highest BCUT2D eigenvalue weighted by Gasteiger charge is 2.02. The first-order valence-corrected chi connectivity index (χ1v) is 8.15. The van der Waals surface area contributed by atoms with Gasteiger partial charge >= 0.3 is 5.97 Å². The third kappa shape index (κ3) is 7.23. The Labute approximate surface area is 119 Å². The molecule has 0 saturated carbocycles. The van der Waals surface area contributed by atoms with E-state index in [9.17, 15) is 4.79 Å². The van der Waals surface area contributed by atoms with Gasteiger partial charge in [0.15, 0.2) is 0 Å². The molecule has 3 nitrogen and oxygen atoms in total. The Morgan fingerprint density at radius 3 is 2.79 bits per heavy atom. The lowest BCUT2D eigenvalue weighted by atomic mass is 10.1. The summed E-state index contributed by atoms with van der Waals surface area (Å²) in [5.74, 6) is 0.394. The zero-order chi connectivity index (χ0) is 13.9. The average Bonchev–Trinajstić information content (AvgIpc) is 2.42. The molecule has 1 aromatic rings. The van der Waals surface area contributed by atoms with Gasteiger partial charge in [0.05, 0.1) is 5.56 Å². The summed E-state index contributed by atoms with van der Waals surface area (Å²) >= 11 is 1.91. The van der Waals surface area contributed by atoms with Crippen molar-refractivity contribution < 1.29 is 9.90 Å². The summed E-state index contributed by atoms with van der Waals surface area (Å²) in [5, 5.41) is 12.3. The molecule has 1 rings (SSSR count). The number of carboxylic acid groups (broad SMARTS) is 1. The van der Waals surface area contributed by atoms with Crippen LogP contribution < -0.4 is 5.32 Å². The number of hydrogen-bond donors (Lipinski definition) is 2. The maximum Gasteiger partial charge on any atom is 0.335 e. The number of carbonyl (C=O) groups is 1. The zero-order valence-corrected chi connectivity index (χ0v) is 12.3. The summed E-state index contributed by atoms with van der Waals surface area (Å²) in [4.78, 5) is 10.8. The minimum absolute atomic E-state index is 0.358. The first-order valence-electron chi connectivity index (χ1n) is 6.76. The smallest absolute Gasteiger partial charge is 0.335 e. The maximum absolute atomic E-state index is 10.8. The van der Waals surface area contributed by atoms with E-state index < -0.39 is 5.97 Å². The number of rotatable bonds is 10. The van der Waals surface area contributed by atoms with Gasteiger partial charge in [0.25, 0.3) is 0 Å². The first-order chi connectivity index (χ1) is 9.24. The predicted octanol–water partition coefficient (Wildman–Crippen LogP) is 3.40. The highest BCUT2D eigenvalue weighted by molar-refractivity contribution is 7.98. The van der Waals surface area contributed by atoms with Crippen LogP contribution in [0.4, 0.5) is 0 Å². The van der Waals surface area contributed by atoms with E-state index in [1.54, 1.807) is 18.2 Å².